The van der Waals surface area contributed by atoms with Crippen LogP contribution >= 0.6 is 23.2 Å². The van der Waals surface area contributed by atoms with Gasteiger partial charge in [-0.05, 0) is 44.0 Å². The van der Waals surface area contributed by atoms with Gasteiger partial charge >= 0.3 is 0 Å². The highest BCUT2D eigenvalue weighted by molar-refractivity contribution is 6.34. The lowest BCUT2D eigenvalue weighted by Crippen LogP contribution is -2.39. The number of nitrogens with zero attached hydrogens (tertiary/aromatic N) is 2. The van der Waals surface area contributed by atoms with Crippen LogP contribution < -0.4 is 4.74 Å². The van der Waals surface area contributed by atoms with Gasteiger partial charge in [0.05, 0.1) is 16.8 Å². The number of hydrogen-bond donors (Lipinski definition) is 0. The van der Waals surface area contributed by atoms with E-state index in [1.807, 2.05) is 30.0 Å². The summed E-state index contributed by atoms with van der Waals surface area (Å²) >= 11 is 12.0. The van der Waals surface area contributed by atoms with Gasteiger partial charge < -0.3 is 9.64 Å². The molecule has 0 spiro atoms. The molecule has 1 unspecified atom stereocenters. The molecule has 1 aliphatic rings. The van der Waals surface area contributed by atoms with Crippen molar-refractivity contribution in [3.05, 3.63) is 58.3 Å². The van der Waals surface area contributed by atoms with E-state index in [4.69, 9.17) is 27.9 Å². The molecule has 1 aliphatic carbocycles. The molecular weight excluding hydrogens is 347 g/mol. The summed E-state index contributed by atoms with van der Waals surface area (Å²) in [5.41, 5.74) is 0.874. The highest BCUT2D eigenvalue weighted by atomic mass is 35.5. The van der Waals surface area contributed by atoms with E-state index in [0.29, 0.717) is 15.8 Å². The summed E-state index contributed by atoms with van der Waals surface area (Å²) in [5.74, 6) is 0.338. The fraction of sp³-hybridized carbons (Fsp3) is 0.333. The van der Waals surface area contributed by atoms with Crippen molar-refractivity contribution in [1.29, 1.82) is 0 Å². The highest BCUT2D eigenvalue weighted by Gasteiger charge is 2.36. The van der Waals surface area contributed by atoms with E-state index in [1.165, 1.54) is 0 Å². The van der Waals surface area contributed by atoms with E-state index in [1.54, 1.807) is 24.4 Å². The van der Waals surface area contributed by atoms with Crippen molar-refractivity contribution in [3.63, 3.8) is 0 Å². The zero-order chi connectivity index (χ0) is 17.1. The molecule has 1 atom stereocenters. The monoisotopic (exact) mass is 364 g/mol. The zero-order valence-electron chi connectivity index (χ0n) is 13.3. The third kappa shape index (κ3) is 4.00. The molecule has 1 fully saturated rings. The maximum Gasteiger partial charge on any atom is 0.261 e. The standard InChI is InChI=1S/C18H18Cl2N2O2/c1-12(16-4-2-3-9-21-16)22(14-6-7-14)18(23)11-24-17-10-13(19)5-8-15(17)20/h2-5,8-10,12,14H,6-7,11H2,1H3. The zero-order valence-corrected chi connectivity index (χ0v) is 14.8. The second-order valence-corrected chi connectivity index (χ2v) is 6.67. The summed E-state index contributed by atoms with van der Waals surface area (Å²) in [6, 6.07) is 10.8. The van der Waals surface area contributed by atoms with Crippen LogP contribution in [0, 0.1) is 0 Å². The second-order valence-electron chi connectivity index (χ2n) is 5.83. The van der Waals surface area contributed by atoms with Crippen LogP contribution in [0.4, 0.5) is 0 Å². The first-order valence-corrected chi connectivity index (χ1v) is 8.62. The van der Waals surface area contributed by atoms with E-state index >= 15 is 0 Å². The smallest absolute Gasteiger partial charge is 0.261 e. The summed E-state index contributed by atoms with van der Waals surface area (Å²) in [7, 11) is 0. The average molecular weight is 365 g/mol. The third-order valence-electron chi connectivity index (χ3n) is 4.01. The minimum atomic E-state index is -0.0929. The molecule has 0 aliphatic heterocycles. The minimum absolute atomic E-state index is 0.0757. The highest BCUT2D eigenvalue weighted by Crippen LogP contribution is 2.34. The van der Waals surface area contributed by atoms with Crippen molar-refractivity contribution >= 4 is 29.1 Å². The predicted octanol–water partition coefficient (Wildman–Crippen LogP) is 4.52. The molecule has 0 bridgehead atoms. The average Bonchev–Trinajstić information content (AvgIpc) is 3.41. The molecule has 1 aromatic heterocycles. The summed E-state index contributed by atoms with van der Waals surface area (Å²) in [5, 5.41) is 0.950. The van der Waals surface area contributed by atoms with Gasteiger partial charge in [-0.1, -0.05) is 29.3 Å². The number of ether oxygens (including phenoxy) is 1. The van der Waals surface area contributed by atoms with Crippen LogP contribution in [0.25, 0.3) is 0 Å². The van der Waals surface area contributed by atoms with Gasteiger partial charge in [-0.3, -0.25) is 9.78 Å². The Bertz CT molecular complexity index is 720. The Morgan fingerprint density at radius 1 is 1.33 bits per heavy atom. The second kappa shape index (κ2) is 7.41. The molecule has 0 radical (unpaired) electrons. The summed E-state index contributed by atoms with van der Waals surface area (Å²) in [6.07, 6.45) is 3.77. The van der Waals surface area contributed by atoms with E-state index in [-0.39, 0.29) is 24.6 Å². The van der Waals surface area contributed by atoms with E-state index in [2.05, 4.69) is 4.98 Å². The first kappa shape index (κ1) is 17.1. The number of aromatic nitrogens is 1. The van der Waals surface area contributed by atoms with Gasteiger partial charge in [0, 0.05) is 23.3 Å². The van der Waals surface area contributed by atoms with Gasteiger partial charge in [-0.25, -0.2) is 0 Å². The maximum atomic E-state index is 12.7. The van der Waals surface area contributed by atoms with Gasteiger partial charge in [-0.2, -0.15) is 0 Å². The largest absolute Gasteiger partial charge is 0.482 e. The lowest BCUT2D eigenvalue weighted by molar-refractivity contribution is -0.136. The number of benzene rings is 1. The summed E-state index contributed by atoms with van der Waals surface area (Å²) < 4.78 is 5.60. The number of amides is 1. The van der Waals surface area contributed by atoms with Crippen molar-refractivity contribution in [2.24, 2.45) is 0 Å². The Morgan fingerprint density at radius 3 is 2.79 bits per heavy atom. The molecule has 3 rings (SSSR count). The number of rotatable bonds is 6. The normalized spacial score (nSPS) is 15.0. The van der Waals surface area contributed by atoms with Crippen LogP contribution in [0.2, 0.25) is 10.0 Å². The number of carbonyl (C=O) groups excluding carboxylic acids is 1. The Balaban J connectivity index is 1.70. The summed E-state index contributed by atoms with van der Waals surface area (Å²) in [6.45, 7) is 1.92. The van der Waals surface area contributed by atoms with Gasteiger partial charge in [-0.15, -0.1) is 0 Å². The topological polar surface area (TPSA) is 42.4 Å². The quantitative estimate of drug-likeness (QED) is 0.756. The molecule has 1 heterocycles. The van der Waals surface area contributed by atoms with Gasteiger partial charge in [0.25, 0.3) is 5.91 Å². The number of pyridine rings is 1. The van der Waals surface area contributed by atoms with Crippen LogP contribution in [-0.2, 0) is 4.79 Å². The van der Waals surface area contributed by atoms with Gasteiger partial charge in [0.15, 0.2) is 6.61 Å². The van der Waals surface area contributed by atoms with Crippen LogP contribution in [0.3, 0.4) is 0 Å². The van der Waals surface area contributed by atoms with E-state index < -0.39 is 0 Å². The Hall–Kier alpha value is -1.78. The number of carbonyl (C=O) groups is 1. The molecule has 1 aromatic carbocycles. The lowest BCUT2D eigenvalue weighted by atomic mass is 10.1. The van der Waals surface area contributed by atoms with Crippen molar-refractivity contribution in [2.75, 3.05) is 6.61 Å². The van der Waals surface area contributed by atoms with Crippen LogP contribution in [0.15, 0.2) is 42.6 Å². The third-order valence-corrected chi connectivity index (χ3v) is 4.55. The molecule has 126 valence electrons. The molecule has 1 saturated carbocycles. The van der Waals surface area contributed by atoms with Crippen molar-refractivity contribution < 1.29 is 9.53 Å². The first-order valence-electron chi connectivity index (χ1n) is 7.86. The lowest BCUT2D eigenvalue weighted by Gasteiger charge is -2.29. The molecule has 0 saturated heterocycles. The molecule has 6 heteroatoms. The van der Waals surface area contributed by atoms with E-state index in [9.17, 15) is 4.79 Å². The molecule has 4 nitrogen and oxygen atoms in total. The first-order chi connectivity index (χ1) is 11.6. The maximum absolute atomic E-state index is 12.7. The van der Waals surface area contributed by atoms with Crippen LogP contribution in [0.1, 0.15) is 31.5 Å². The SMILES string of the molecule is CC(c1ccccn1)N(C(=O)COc1cc(Cl)ccc1Cl)C1CC1. The number of halogens is 2. The molecular formula is C18H18Cl2N2O2. The molecule has 0 N–H and O–H groups in total. The minimum Gasteiger partial charge on any atom is -0.482 e. The number of hydrogen-bond acceptors (Lipinski definition) is 3. The fourth-order valence-electron chi connectivity index (χ4n) is 2.66. The Labute approximate surface area is 151 Å². The van der Waals surface area contributed by atoms with Crippen molar-refractivity contribution in [2.45, 2.75) is 31.8 Å². The van der Waals surface area contributed by atoms with Crippen molar-refractivity contribution in [3.8, 4) is 5.75 Å². The van der Waals surface area contributed by atoms with Crippen LogP contribution in [0.5, 0.6) is 5.75 Å². The van der Waals surface area contributed by atoms with Crippen LogP contribution in [-0.4, -0.2) is 28.4 Å². The van der Waals surface area contributed by atoms with Crippen molar-refractivity contribution in [1.82, 2.24) is 9.88 Å². The predicted molar refractivity (Wildman–Crippen MR) is 94.5 cm³/mol. The molecule has 2 aromatic rings. The molecule has 24 heavy (non-hydrogen) atoms. The summed E-state index contributed by atoms with van der Waals surface area (Å²) in [4.78, 5) is 18.9. The van der Waals surface area contributed by atoms with E-state index in [0.717, 1.165) is 18.5 Å². The van der Waals surface area contributed by atoms with Gasteiger partial charge in [0.1, 0.15) is 5.75 Å². The Morgan fingerprint density at radius 2 is 2.12 bits per heavy atom. The Kier molecular flexibility index (Phi) is 5.27. The molecule has 1 amide bonds. The van der Waals surface area contributed by atoms with Gasteiger partial charge in [0.2, 0.25) is 0 Å². The fourth-order valence-corrected chi connectivity index (χ4v) is 2.99.